The molecule has 0 spiro atoms. The maximum Gasteiger partial charge on any atom is 0.289 e. The number of hydrogen-bond acceptors (Lipinski definition) is 4. The smallest absolute Gasteiger partial charge is 0.289 e. The lowest BCUT2D eigenvalue weighted by atomic mass is 10.1. The zero-order valence-electron chi connectivity index (χ0n) is 10.4. The number of rotatable bonds is 2. The average molecular weight is 325 g/mol. The highest BCUT2D eigenvalue weighted by Crippen LogP contribution is 2.26. The molecule has 100 valence electrons. The van der Waals surface area contributed by atoms with Gasteiger partial charge < -0.3 is 9.32 Å². The van der Waals surface area contributed by atoms with Gasteiger partial charge in [0.15, 0.2) is 11.6 Å². The number of halogens is 1. The quantitative estimate of drug-likeness (QED) is 0.917. The molecule has 1 fully saturated rings. The van der Waals surface area contributed by atoms with Crippen LogP contribution in [0.1, 0.15) is 34.5 Å². The fourth-order valence-electron chi connectivity index (χ4n) is 2.28. The molecule has 0 radical (unpaired) electrons. The molecular weight excluding hydrogens is 312 g/mol. The SMILES string of the molecule is Cc1nc(C2CCN(C(=O)c3cc(Br)co3)C2)n[nH]1. The van der Waals surface area contributed by atoms with Gasteiger partial charge in [0, 0.05) is 25.1 Å². The van der Waals surface area contributed by atoms with E-state index in [4.69, 9.17) is 4.42 Å². The molecule has 0 aromatic carbocycles. The second kappa shape index (κ2) is 4.80. The number of carbonyl (C=O) groups excluding carboxylic acids is 1. The van der Waals surface area contributed by atoms with Crippen molar-refractivity contribution in [2.24, 2.45) is 0 Å². The lowest BCUT2D eigenvalue weighted by molar-refractivity contribution is 0.0759. The van der Waals surface area contributed by atoms with Gasteiger partial charge >= 0.3 is 0 Å². The lowest BCUT2D eigenvalue weighted by Crippen LogP contribution is -2.28. The first kappa shape index (κ1) is 12.4. The first-order valence-corrected chi connectivity index (χ1v) is 6.85. The molecule has 1 unspecified atom stereocenters. The predicted octanol–water partition coefficient (Wildman–Crippen LogP) is 2.10. The highest BCUT2D eigenvalue weighted by atomic mass is 79.9. The van der Waals surface area contributed by atoms with Crippen LogP contribution in [0.25, 0.3) is 0 Å². The van der Waals surface area contributed by atoms with E-state index in [1.807, 2.05) is 6.92 Å². The van der Waals surface area contributed by atoms with E-state index in [2.05, 4.69) is 31.1 Å². The molecule has 0 bridgehead atoms. The predicted molar refractivity (Wildman–Crippen MR) is 70.8 cm³/mol. The summed E-state index contributed by atoms with van der Waals surface area (Å²) in [5, 5.41) is 7.00. The van der Waals surface area contributed by atoms with Crippen molar-refractivity contribution in [3.05, 3.63) is 34.2 Å². The number of nitrogens with one attached hydrogen (secondary N) is 1. The van der Waals surface area contributed by atoms with Crippen molar-refractivity contribution in [3.63, 3.8) is 0 Å². The molecule has 19 heavy (non-hydrogen) atoms. The minimum Gasteiger partial charge on any atom is -0.458 e. The highest BCUT2D eigenvalue weighted by molar-refractivity contribution is 9.10. The Morgan fingerprint density at radius 1 is 1.63 bits per heavy atom. The summed E-state index contributed by atoms with van der Waals surface area (Å²) in [7, 11) is 0. The van der Waals surface area contributed by atoms with Crippen LogP contribution in [0, 0.1) is 6.92 Å². The minimum absolute atomic E-state index is 0.0829. The molecule has 1 saturated heterocycles. The topological polar surface area (TPSA) is 75.0 Å². The molecular formula is C12H13BrN4O2. The van der Waals surface area contributed by atoms with Crippen molar-refractivity contribution in [2.45, 2.75) is 19.3 Å². The van der Waals surface area contributed by atoms with Gasteiger partial charge in [0.25, 0.3) is 5.91 Å². The van der Waals surface area contributed by atoms with E-state index in [0.717, 1.165) is 22.5 Å². The van der Waals surface area contributed by atoms with Gasteiger partial charge in [-0.05, 0) is 29.3 Å². The third-order valence-electron chi connectivity index (χ3n) is 3.23. The van der Waals surface area contributed by atoms with E-state index in [9.17, 15) is 4.79 Å². The fourth-order valence-corrected chi connectivity index (χ4v) is 2.58. The molecule has 6 nitrogen and oxygen atoms in total. The van der Waals surface area contributed by atoms with E-state index >= 15 is 0 Å². The summed E-state index contributed by atoms with van der Waals surface area (Å²) < 4.78 is 5.98. The third-order valence-corrected chi connectivity index (χ3v) is 3.65. The lowest BCUT2D eigenvalue weighted by Gasteiger charge is -2.13. The van der Waals surface area contributed by atoms with E-state index < -0.39 is 0 Å². The second-order valence-electron chi connectivity index (χ2n) is 4.64. The Balaban J connectivity index is 1.70. The van der Waals surface area contributed by atoms with Crippen molar-refractivity contribution in [1.82, 2.24) is 20.1 Å². The van der Waals surface area contributed by atoms with E-state index in [0.29, 0.717) is 18.8 Å². The number of H-pyrrole nitrogens is 1. The number of aromatic amines is 1. The standard InChI is InChI=1S/C12H13BrN4O2/c1-7-14-11(16-15-7)8-2-3-17(5-8)12(18)10-4-9(13)6-19-10/h4,6,8H,2-3,5H2,1H3,(H,14,15,16). The highest BCUT2D eigenvalue weighted by Gasteiger charge is 2.31. The van der Waals surface area contributed by atoms with Crippen LogP contribution in [0.2, 0.25) is 0 Å². The first-order chi connectivity index (χ1) is 9.13. The molecule has 2 aromatic heterocycles. The second-order valence-corrected chi connectivity index (χ2v) is 5.56. The zero-order valence-corrected chi connectivity index (χ0v) is 12.0. The molecule has 1 aliphatic heterocycles. The van der Waals surface area contributed by atoms with E-state index in [1.165, 1.54) is 6.26 Å². The van der Waals surface area contributed by atoms with Gasteiger partial charge in [-0.3, -0.25) is 9.89 Å². The Morgan fingerprint density at radius 2 is 2.47 bits per heavy atom. The molecule has 1 aliphatic rings. The first-order valence-electron chi connectivity index (χ1n) is 6.05. The van der Waals surface area contributed by atoms with Crippen LogP contribution in [0.15, 0.2) is 21.2 Å². The summed E-state index contributed by atoms with van der Waals surface area (Å²) >= 11 is 3.27. The van der Waals surface area contributed by atoms with Crippen LogP contribution in [0.5, 0.6) is 0 Å². The number of carbonyl (C=O) groups is 1. The van der Waals surface area contributed by atoms with Gasteiger partial charge in [0.05, 0.1) is 4.47 Å². The summed E-state index contributed by atoms with van der Waals surface area (Å²) in [5.74, 6) is 2.06. The number of amides is 1. The molecule has 1 amide bonds. The zero-order chi connectivity index (χ0) is 13.4. The van der Waals surface area contributed by atoms with Crippen molar-refractivity contribution in [3.8, 4) is 0 Å². The van der Waals surface area contributed by atoms with Crippen molar-refractivity contribution in [2.75, 3.05) is 13.1 Å². The van der Waals surface area contributed by atoms with Gasteiger partial charge in [-0.25, -0.2) is 4.98 Å². The van der Waals surface area contributed by atoms with Gasteiger partial charge in [-0.1, -0.05) is 0 Å². The molecule has 1 N–H and O–H groups in total. The van der Waals surface area contributed by atoms with Crippen LogP contribution in [-0.2, 0) is 0 Å². The van der Waals surface area contributed by atoms with Crippen molar-refractivity contribution < 1.29 is 9.21 Å². The summed E-state index contributed by atoms with van der Waals surface area (Å²) in [6, 6.07) is 1.69. The Bertz CT molecular complexity index is 606. The summed E-state index contributed by atoms with van der Waals surface area (Å²) in [6.07, 6.45) is 2.39. The van der Waals surface area contributed by atoms with Crippen LogP contribution < -0.4 is 0 Å². The molecule has 3 rings (SSSR count). The molecule has 2 aromatic rings. The van der Waals surface area contributed by atoms with Crippen LogP contribution >= 0.6 is 15.9 Å². The number of furan rings is 1. The monoisotopic (exact) mass is 324 g/mol. The maximum atomic E-state index is 12.2. The van der Waals surface area contributed by atoms with Gasteiger partial charge in [0.2, 0.25) is 0 Å². The largest absolute Gasteiger partial charge is 0.458 e. The third kappa shape index (κ3) is 2.42. The number of aryl methyl sites for hydroxylation is 1. The Morgan fingerprint density at radius 3 is 3.11 bits per heavy atom. The minimum atomic E-state index is -0.0829. The number of aromatic nitrogens is 3. The fraction of sp³-hybridized carbons (Fsp3) is 0.417. The number of hydrogen-bond donors (Lipinski definition) is 1. The summed E-state index contributed by atoms with van der Waals surface area (Å²) in [5.41, 5.74) is 0. The molecule has 1 atom stereocenters. The summed E-state index contributed by atoms with van der Waals surface area (Å²) in [6.45, 7) is 3.21. The normalized spacial score (nSPS) is 19.1. The van der Waals surface area contributed by atoms with Gasteiger partial charge in [-0.2, -0.15) is 5.10 Å². The number of likely N-dealkylation sites (tertiary alicyclic amines) is 1. The Kier molecular flexibility index (Phi) is 3.14. The van der Waals surface area contributed by atoms with Gasteiger partial charge in [-0.15, -0.1) is 0 Å². The Labute approximate surface area is 118 Å². The molecule has 3 heterocycles. The average Bonchev–Trinajstić information content (AvgIpc) is 3.07. The van der Waals surface area contributed by atoms with E-state index in [-0.39, 0.29) is 11.8 Å². The van der Waals surface area contributed by atoms with E-state index in [1.54, 1.807) is 11.0 Å². The van der Waals surface area contributed by atoms with Crippen LogP contribution in [0.4, 0.5) is 0 Å². The maximum absolute atomic E-state index is 12.2. The van der Waals surface area contributed by atoms with Crippen molar-refractivity contribution in [1.29, 1.82) is 0 Å². The molecule has 0 aliphatic carbocycles. The molecule has 0 saturated carbocycles. The number of nitrogens with zero attached hydrogens (tertiary/aromatic N) is 3. The van der Waals surface area contributed by atoms with Crippen LogP contribution in [-0.4, -0.2) is 39.1 Å². The van der Waals surface area contributed by atoms with Crippen molar-refractivity contribution >= 4 is 21.8 Å². The Hall–Kier alpha value is -1.63. The summed E-state index contributed by atoms with van der Waals surface area (Å²) in [4.78, 5) is 18.3. The van der Waals surface area contributed by atoms with Gasteiger partial charge in [0.1, 0.15) is 12.1 Å². The van der Waals surface area contributed by atoms with Crippen LogP contribution in [0.3, 0.4) is 0 Å². The molecule has 7 heteroatoms.